The number of methoxy groups -OCH3 is 1. The minimum atomic E-state index is -0.791. The van der Waals surface area contributed by atoms with E-state index in [1.54, 1.807) is 38.3 Å². The van der Waals surface area contributed by atoms with Crippen molar-refractivity contribution in [3.63, 3.8) is 0 Å². The lowest BCUT2D eigenvalue weighted by Crippen LogP contribution is -2.50. The van der Waals surface area contributed by atoms with Crippen LogP contribution in [0.5, 0.6) is 5.75 Å². The van der Waals surface area contributed by atoms with Crippen LogP contribution >= 0.6 is 0 Å². The van der Waals surface area contributed by atoms with E-state index < -0.39 is 23.7 Å². The predicted octanol–water partition coefficient (Wildman–Crippen LogP) is 2.15. The zero-order chi connectivity index (χ0) is 18.6. The van der Waals surface area contributed by atoms with Crippen LogP contribution in [0.3, 0.4) is 0 Å². The van der Waals surface area contributed by atoms with Gasteiger partial charge in [0.1, 0.15) is 17.6 Å². The normalized spacial score (nSPS) is 22.8. The molecule has 1 saturated carbocycles. The molecule has 26 heavy (non-hydrogen) atoms. The first-order valence-electron chi connectivity index (χ1n) is 8.95. The lowest BCUT2D eigenvalue weighted by atomic mass is 9.79. The van der Waals surface area contributed by atoms with E-state index in [4.69, 9.17) is 18.9 Å². The number of esters is 1. The van der Waals surface area contributed by atoms with Crippen LogP contribution in [0.1, 0.15) is 26.2 Å². The fourth-order valence-corrected chi connectivity index (χ4v) is 3.54. The van der Waals surface area contributed by atoms with Crippen LogP contribution in [0.15, 0.2) is 24.3 Å². The molecule has 1 aliphatic heterocycles. The van der Waals surface area contributed by atoms with Crippen LogP contribution in [-0.4, -0.2) is 50.5 Å². The van der Waals surface area contributed by atoms with E-state index in [1.165, 1.54) is 0 Å². The van der Waals surface area contributed by atoms with Gasteiger partial charge in [-0.05, 0) is 31.2 Å². The molecule has 7 heteroatoms. The molecular weight excluding hydrogens is 338 g/mol. The molecule has 2 atom stereocenters. The van der Waals surface area contributed by atoms with E-state index in [0.29, 0.717) is 43.9 Å². The summed E-state index contributed by atoms with van der Waals surface area (Å²) in [4.78, 5) is 25.2. The van der Waals surface area contributed by atoms with Crippen molar-refractivity contribution in [1.82, 2.24) is 0 Å². The van der Waals surface area contributed by atoms with Crippen LogP contribution in [0, 0.1) is 5.92 Å². The molecule has 7 nitrogen and oxygen atoms in total. The Morgan fingerprint density at radius 2 is 2.00 bits per heavy atom. The molecule has 1 aromatic rings. The van der Waals surface area contributed by atoms with Crippen molar-refractivity contribution in [2.45, 2.75) is 38.0 Å². The molecule has 1 saturated heterocycles. The van der Waals surface area contributed by atoms with Gasteiger partial charge in [-0.1, -0.05) is 0 Å². The first kappa shape index (κ1) is 18.7. The quantitative estimate of drug-likeness (QED) is 0.775. The lowest BCUT2D eigenvalue weighted by Gasteiger charge is -2.38. The largest absolute Gasteiger partial charge is 0.497 e. The molecule has 1 aromatic carbocycles. The Kier molecular flexibility index (Phi) is 5.78. The van der Waals surface area contributed by atoms with Crippen molar-refractivity contribution < 1.29 is 28.5 Å². The average Bonchev–Trinajstić information content (AvgIpc) is 3.11. The smallest absolute Gasteiger partial charge is 0.329 e. The van der Waals surface area contributed by atoms with Gasteiger partial charge >= 0.3 is 5.97 Å². The van der Waals surface area contributed by atoms with Gasteiger partial charge in [0, 0.05) is 24.9 Å². The van der Waals surface area contributed by atoms with Crippen molar-refractivity contribution >= 4 is 17.4 Å². The molecule has 0 radical (unpaired) electrons. The minimum Gasteiger partial charge on any atom is -0.497 e. The monoisotopic (exact) mass is 363 g/mol. The Labute approximate surface area is 152 Å². The molecule has 2 fully saturated rings. The summed E-state index contributed by atoms with van der Waals surface area (Å²) >= 11 is 0. The number of anilines is 1. The first-order chi connectivity index (χ1) is 12.6. The molecule has 1 spiro atoms. The summed E-state index contributed by atoms with van der Waals surface area (Å²) in [6, 6.07) is 6.39. The number of rotatable bonds is 6. The van der Waals surface area contributed by atoms with Gasteiger partial charge in [-0.2, -0.15) is 0 Å². The second-order valence-electron chi connectivity index (χ2n) is 6.49. The molecule has 0 amide bonds. The van der Waals surface area contributed by atoms with Gasteiger partial charge in [-0.25, -0.2) is 4.79 Å². The highest BCUT2D eigenvalue weighted by atomic mass is 16.7. The Balaban J connectivity index is 1.81. The van der Waals surface area contributed by atoms with Crippen molar-refractivity contribution in [2.75, 3.05) is 32.2 Å². The third-order valence-electron chi connectivity index (χ3n) is 4.87. The maximum Gasteiger partial charge on any atom is 0.329 e. The summed E-state index contributed by atoms with van der Waals surface area (Å²) in [5.41, 5.74) is 0.713. The fraction of sp³-hybridized carbons (Fsp3) is 0.579. The summed E-state index contributed by atoms with van der Waals surface area (Å²) in [5, 5.41) is 3.16. The van der Waals surface area contributed by atoms with Crippen LogP contribution in [0.4, 0.5) is 5.69 Å². The zero-order valence-electron chi connectivity index (χ0n) is 15.2. The molecule has 0 unspecified atom stereocenters. The SMILES string of the molecule is CCOC(=O)[C@@H](Nc1ccc(OC)cc1)[C@@H]1CC2(CCC1=O)OCCO2. The van der Waals surface area contributed by atoms with E-state index in [2.05, 4.69) is 5.32 Å². The van der Waals surface area contributed by atoms with Crippen molar-refractivity contribution in [1.29, 1.82) is 0 Å². The van der Waals surface area contributed by atoms with Crippen molar-refractivity contribution in [2.24, 2.45) is 5.92 Å². The van der Waals surface area contributed by atoms with Gasteiger partial charge in [0.05, 0.1) is 32.8 Å². The second kappa shape index (κ2) is 8.05. The molecule has 1 N–H and O–H groups in total. The first-order valence-corrected chi connectivity index (χ1v) is 8.95. The topological polar surface area (TPSA) is 83.1 Å². The number of ether oxygens (including phenoxy) is 4. The van der Waals surface area contributed by atoms with Gasteiger partial charge in [0.15, 0.2) is 5.79 Å². The fourth-order valence-electron chi connectivity index (χ4n) is 3.54. The Morgan fingerprint density at radius 3 is 2.62 bits per heavy atom. The average molecular weight is 363 g/mol. The minimum absolute atomic E-state index is 0.0220. The van der Waals surface area contributed by atoms with Crippen LogP contribution in [0.2, 0.25) is 0 Å². The molecule has 2 aliphatic rings. The highest BCUT2D eigenvalue weighted by molar-refractivity contribution is 5.91. The van der Waals surface area contributed by atoms with E-state index >= 15 is 0 Å². The highest BCUT2D eigenvalue weighted by Crippen LogP contribution is 2.39. The molecule has 142 valence electrons. The van der Waals surface area contributed by atoms with E-state index in [9.17, 15) is 9.59 Å². The van der Waals surface area contributed by atoms with Crippen LogP contribution in [-0.2, 0) is 23.8 Å². The van der Waals surface area contributed by atoms with Crippen molar-refractivity contribution in [3.8, 4) is 5.75 Å². The van der Waals surface area contributed by atoms with Gasteiger partial charge in [-0.15, -0.1) is 0 Å². The molecular formula is C19H25NO6. The maximum atomic E-state index is 12.6. The summed E-state index contributed by atoms with van der Waals surface area (Å²) in [5.74, 6) is -1.04. The van der Waals surface area contributed by atoms with Gasteiger partial charge < -0.3 is 24.3 Å². The predicted molar refractivity (Wildman–Crippen MR) is 94.0 cm³/mol. The Bertz CT molecular complexity index is 638. The van der Waals surface area contributed by atoms with Gasteiger partial charge in [-0.3, -0.25) is 4.79 Å². The highest BCUT2D eigenvalue weighted by Gasteiger charge is 2.49. The number of Topliss-reactive ketones (excluding diaryl/α,β-unsaturated/α-hetero) is 1. The number of hydrogen-bond acceptors (Lipinski definition) is 7. The second-order valence-corrected chi connectivity index (χ2v) is 6.49. The Hall–Kier alpha value is -2.12. The van der Waals surface area contributed by atoms with E-state index in [0.717, 1.165) is 0 Å². The molecule has 0 aromatic heterocycles. The molecule has 1 aliphatic carbocycles. The molecule has 0 bridgehead atoms. The zero-order valence-corrected chi connectivity index (χ0v) is 15.2. The molecule has 3 rings (SSSR count). The maximum absolute atomic E-state index is 12.6. The van der Waals surface area contributed by atoms with Crippen LogP contribution in [0.25, 0.3) is 0 Å². The lowest BCUT2D eigenvalue weighted by molar-refractivity contribution is -0.191. The number of carbonyl (C=O) groups excluding carboxylic acids is 2. The van der Waals surface area contributed by atoms with E-state index in [-0.39, 0.29) is 12.4 Å². The summed E-state index contributed by atoms with van der Waals surface area (Å²) < 4.78 is 21.9. The summed E-state index contributed by atoms with van der Waals surface area (Å²) in [6.07, 6.45) is 1.20. The number of benzene rings is 1. The van der Waals surface area contributed by atoms with E-state index in [1.807, 2.05) is 0 Å². The standard InChI is InChI=1S/C19H25NO6/c1-3-24-18(22)17(20-13-4-6-14(23-2)7-5-13)15-12-19(9-8-16(15)21)25-10-11-26-19/h4-7,15,17,20H,3,8-12H2,1-2H3/t15-,17+/m1/s1. The number of carbonyl (C=O) groups is 2. The van der Waals surface area contributed by atoms with Crippen LogP contribution < -0.4 is 10.1 Å². The number of ketones is 1. The summed E-state index contributed by atoms with van der Waals surface area (Å²) in [6.45, 7) is 3.02. The third-order valence-corrected chi connectivity index (χ3v) is 4.87. The Morgan fingerprint density at radius 1 is 1.31 bits per heavy atom. The van der Waals surface area contributed by atoms with Crippen molar-refractivity contribution in [3.05, 3.63) is 24.3 Å². The van der Waals surface area contributed by atoms with Gasteiger partial charge in [0.25, 0.3) is 0 Å². The van der Waals surface area contributed by atoms with Gasteiger partial charge in [0.2, 0.25) is 0 Å². The number of hydrogen-bond donors (Lipinski definition) is 1. The molecule has 1 heterocycles. The third kappa shape index (κ3) is 3.99. The summed E-state index contributed by atoms with van der Waals surface area (Å²) in [7, 11) is 1.59. The number of nitrogens with one attached hydrogen (secondary N) is 1.